The van der Waals surface area contributed by atoms with Gasteiger partial charge in [-0.05, 0) is 6.42 Å². The molecule has 0 saturated carbocycles. The molecular formula is C11H15N5OS. The maximum atomic E-state index is 11.2. The van der Waals surface area contributed by atoms with E-state index >= 15 is 0 Å². The molecule has 2 heterocycles. The second-order valence-electron chi connectivity index (χ2n) is 3.78. The van der Waals surface area contributed by atoms with E-state index in [4.69, 9.17) is 5.73 Å². The van der Waals surface area contributed by atoms with Crippen LogP contribution in [0.2, 0.25) is 0 Å². The first-order chi connectivity index (χ1) is 8.67. The van der Waals surface area contributed by atoms with Crippen LogP contribution in [0.15, 0.2) is 16.2 Å². The second-order valence-corrected chi connectivity index (χ2v) is 4.72. The lowest BCUT2D eigenvalue weighted by Crippen LogP contribution is -2.14. The Bertz CT molecular complexity index is 577. The van der Waals surface area contributed by atoms with Crippen LogP contribution in [0, 0.1) is 0 Å². The Morgan fingerprint density at radius 1 is 1.50 bits per heavy atom. The molecule has 7 heteroatoms. The first-order valence-corrected chi connectivity index (χ1v) is 6.59. The molecule has 0 atom stereocenters. The molecule has 0 unspecified atom stereocenters. The highest BCUT2D eigenvalue weighted by Gasteiger charge is 2.01. The second kappa shape index (κ2) is 5.63. The molecule has 2 rings (SSSR count). The Labute approximate surface area is 108 Å². The quantitative estimate of drug-likeness (QED) is 0.750. The van der Waals surface area contributed by atoms with Gasteiger partial charge in [0.1, 0.15) is 5.82 Å². The van der Waals surface area contributed by atoms with Crippen LogP contribution in [-0.4, -0.2) is 21.5 Å². The summed E-state index contributed by atoms with van der Waals surface area (Å²) in [5.41, 5.74) is 6.25. The first kappa shape index (κ1) is 12.6. The molecule has 18 heavy (non-hydrogen) atoms. The number of nitrogen functional groups attached to an aromatic ring is 1. The number of hydrogen-bond acceptors (Lipinski definition) is 6. The predicted octanol–water partition coefficient (Wildman–Crippen LogP) is 1.03. The lowest BCUT2D eigenvalue weighted by Gasteiger charge is -2.04. The van der Waals surface area contributed by atoms with Crippen LogP contribution in [0.1, 0.15) is 17.6 Å². The minimum absolute atomic E-state index is 0.118. The van der Waals surface area contributed by atoms with E-state index in [-0.39, 0.29) is 11.5 Å². The molecule has 2 aromatic heterocycles. The van der Waals surface area contributed by atoms with Gasteiger partial charge in [0.2, 0.25) is 5.95 Å². The van der Waals surface area contributed by atoms with Gasteiger partial charge in [0, 0.05) is 24.4 Å². The normalized spacial score (nSPS) is 10.5. The highest BCUT2D eigenvalue weighted by molar-refractivity contribution is 7.09. The largest absolute Gasteiger partial charge is 0.369 e. The third-order valence-electron chi connectivity index (χ3n) is 2.35. The van der Waals surface area contributed by atoms with Gasteiger partial charge in [-0.25, -0.2) is 4.98 Å². The van der Waals surface area contributed by atoms with Gasteiger partial charge in [-0.2, -0.15) is 4.98 Å². The zero-order valence-corrected chi connectivity index (χ0v) is 10.9. The zero-order chi connectivity index (χ0) is 13.0. The third-order valence-corrected chi connectivity index (χ3v) is 3.39. The van der Waals surface area contributed by atoms with Crippen LogP contribution in [0.3, 0.4) is 0 Å². The molecule has 0 aromatic carbocycles. The summed E-state index contributed by atoms with van der Waals surface area (Å²) in [6, 6.07) is 1.38. The monoisotopic (exact) mass is 265 g/mol. The van der Waals surface area contributed by atoms with E-state index in [0.29, 0.717) is 12.4 Å². The van der Waals surface area contributed by atoms with Crippen LogP contribution in [-0.2, 0) is 12.8 Å². The molecular weight excluding hydrogens is 250 g/mol. The molecule has 96 valence electrons. The summed E-state index contributed by atoms with van der Waals surface area (Å²) in [6.45, 7) is 2.76. The number of H-pyrrole nitrogens is 1. The van der Waals surface area contributed by atoms with Crippen molar-refractivity contribution in [3.8, 4) is 0 Å². The van der Waals surface area contributed by atoms with Crippen molar-refractivity contribution in [1.29, 1.82) is 0 Å². The number of thiazole rings is 1. The molecule has 0 aliphatic rings. The molecule has 0 saturated heterocycles. The van der Waals surface area contributed by atoms with E-state index in [1.54, 1.807) is 11.3 Å². The van der Waals surface area contributed by atoms with Crippen molar-refractivity contribution in [2.75, 3.05) is 17.6 Å². The van der Waals surface area contributed by atoms with Gasteiger partial charge in [0.25, 0.3) is 5.56 Å². The van der Waals surface area contributed by atoms with Crippen LogP contribution >= 0.6 is 11.3 Å². The van der Waals surface area contributed by atoms with Crippen molar-refractivity contribution in [2.45, 2.75) is 19.8 Å². The molecule has 0 aliphatic heterocycles. The Morgan fingerprint density at radius 3 is 3.00 bits per heavy atom. The van der Waals surface area contributed by atoms with Crippen molar-refractivity contribution in [3.05, 3.63) is 32.5 Å². The smallest absolute Gasteiger partial charge is 0.254 e. The van der Waals surface area contributed by atoms with Gasteiger partial charge in [0.15, 0.2) is 0 Å². The molecule has 0 spiro atoms. The first-order valence-electron chi connectivity index (χ1n) is 5.71. The van der Waals surface area contributed by atoms with Gasteiger partial charge in [-0.3, -0.25) is 9.78 Å². The Hall–Kier alpha value is -1.89. The van der Waals surface area contributed by atoms with E-state index in [1.807, 2.05) is 0 Å². The predicted molar refractivity (Wildman–Crippen MR) is 73.0 cm³/mol. The standard InChI is InChI=1S/C11H15N5OS/c1-2-10-14-7(6-18-10)3-4-13-8-5-9(17)16-11(12)15-8/h5-6H,2-4H2,1H3,(H4,12,13,15,16,17). The summed E-state index contributed by atoms with van der Waals surface area (Å²) < 4.78 is 0. The van der Waals surface area contributed by atoms with Crippen molar-refractivity contribution in [3.63, 3.8) is 0 Å². The van der Waals surface area contributed by atoms with Crippen LogP contribution in [0.5, 0.6) is 0 Å². The maximum Gasteiger partial charge on any atom is 0.254 e. The number of aromatic nitrogens is 3. The lowest BCUT2D eigenvalue weighted by molar-refractivity contribution is 0.942. The summed E-state index contributed by atoms with van der Waals surface area (Å²) >= 11 is 1.67. The van der Waals surface area contributed by atoms with Gasteiger partial charge in [0.05, 0.1) is 10.7 Å². The van der Waals surface area contributed by atoms with Crippen molar-refractivity contribution < 1.29 is 0 Å². The average Bonchev–Trinajstić information content (AvgIpc) is 2.76. The highest BCUT2D eigenvalue weighted by atomic mass is 32.1. The van der Waals surface area contributed by atoms with Crippen LogP contribution in [0.25, 0.3) is 0 Å². The molecule has 0 radical (unpaired) electrons. The summed E-state index contributed by atoms with van der Waals surface area (Å²) in [4.78, 5) is 22.0. The lowest BCUT2D eigenvalue weighted by atomic mass is 10.3. The molecule has 6 nitrogen and oxygen atoms in total. The number of anilines is 2. The molecule has 0 bridgehead atoms. The summed E-state index contributed by atoms with van der Waals surface area (Å²) in [5.74, 6) is 0.606. The van der Waals surface area contributed by atoms with E-state index in [9.17, 15) is 4.79 Å². The molecule has 0 aliphatic carbocycles. The fourth-order valence-electron chi connectivity index (χ4n) is 1.51. The molecule has 0 fully saturated rings. The number of rotatable bonds is 5. The number of aromatic amines is 1. The summed E-state index contributed by atoms with van der Waals surface area (Å²) in [6.07, 6.45) is 1.76. The van der Waals surface area contributed by atoms with Crippen LogP contribution < -0.4 is 16.6 Å². The highest BCUT2D eigenvalue weighted by Crippen LogP contribution is 2.10. The number of hydrogen-bond donors (Lipinski definition) is 3. The van der Waals surface area contributed by atoms with Gasteiger partial charge >= 0.3 is 0 Å². The molecule has 0 amide bonds. The van der Waals surface area contributed by atoms with Crippen molar-refractivity contribution in [2.24, 2.45) is 0 Å². The Balaban J connectivity index is 1.90. The van der Waals surface area contributed by atoms with E-state index in [2.05, 4.69) is 32.6 Å². The average molecular weight is 265 g/mol. The van der Waals surface area contributed by atoms with Crippen LogP contribution in [0.4, 0.5) is 11.8 Å². The van der Waals surface area contributed by atoms with Gasteiger partial charge in [-0.15, -0.1) is 11.3 Å². The number of nitrogens with one attached hydrogen (secondary N) is 2. The Morgan fingerprint density at radius 2 is 2.33 bits per heavy atom. The fraction of sp³-hybridized carbons (Fsp3) is 0.364. The Kier molecular flexibility index (Phi) is 3.93. The molecule has 4 N–H and O–H groups in total. The minimum Gasteiger partial charge on any atom is -0.369 e. The summed E-state index contributed by atoms with van der Waals surface area (Å²) in [5, 5.41) is 6.25. The van der Waals surface area contributed by atoms with E-state index in [1.165, 1.54) is 6.07 Å². The SMILES string of the molecule is CCc1nc(CCNc2cc(=O)[nH]c(N)n2)cs1. The number of nitrogens with two attached hydrogens (primary N) is 1. The zero-order valence-electron chi connectivity index (χ0n) is 10.1. The number of aryl methyl sites for hydroxylation is 1. The fourth-order valence-corrected chi connectivity index (χ4v) is 2.29. The van der Waals surface area contributed by atoms with Gasteiger partial charge in [-0.1, -0.05) is 6.92 Å². The number of nitrogens with zero attached hydrogens (tertiary/aromatic N) is 2. The topological polar surface area (TPSA) is 96.7 Å². The van der Waals surface area contributed by atoms with Gasteiger partial charge < -0.3 is 11.1 Å². The minimum atomic E-state index is -0.257. The van der Waals surface area contributed by atoms with Crippen molar-refractivity contribution >= 4 is 23.1 Å². The van der Waals surface area contributed by atoms with E-state index in [0.717, 1.165) is 23.5 Å². The van der Waals surface area contributed by atoms with E-state index < -0.39 is 0 Å². The summed E-state index contributed by atoms with van der Waals surface area (Å²) in [7, 11) is 0. The molecule has 2 aromatic rings. The van der Waals surface area contributed by atoms with Crippen molar-refractivity contribution in [1.82, 2.24) is 15.0 Å². The third kappa shape index (κ3) is 3.30. The maximum absolute atomic E-state index is 11.2.